The van der Waals surface area contributed by atoms with Crippen LogP contribution in [-0.2, 0) is 0 Å². The fourth-order valence-electron chi connectivity index (χ4n) is 2.67. The van der Waals surface area contributed by atoms with Crippen molar-refractivity contribution in [2.24, 2.45) is 5.10 Å². The average molecular weight is 363 g/mol. The lowest BCUT2D eigenvalue weighted by molar-refractivity contribution is -0.384. The normalized spacial score (nSPS) is 10.9. The first-order chi connectivity index (χ1) is 13.1. The van der Waals surface area contributed by atoms with E-state index in [1.54, 1.807) is 0 Å². The van der Waals surface area contributed by atoms with Gasteiger partial charge in [-0.05, 0) is 29.8 Å². The van der Waals surface area contributed by atoms with Crippen molar-refractivity contribution in [2.45, 2.75) is 6.92 Å². The molecule has 3 rings (SSSR count). The minimum Gasteiger partial charge on any atom is -0.493 e. The smallest absolute Gasteiger partial charge is 0.271 e. The molecule has 0 atom stereocenters. The van der Waals surface area contributed by atoms with Gasteiger partial charge in [-0.2, -0.15) is 5.10 Å². The molecule has 0 unspecified atom stereocenters. The van der Waals surface area contributed by atoms with Crippen LogP contribution in [0.1, 0.15) is 22.8 Å². The minimum atomic E-state index is -0.551. The van der Waals surface area contributed by atoms with E-state index in [1.165, 1.54) is 30.5 Å². The van der Waals surface area contributed by atoms with Crippen molar-refractivity contribution in [1.29, 1.82) is 0 Å². The summed E-state index contributed by atoms with van der Waals surface area (Å²) in [6.07, 6.45) is 1.52. The number of fused-ring (bicyclic) bond motifs is 1. The Balaban J connectivity index is 1.85. The van der Waals surface area contributed by atoms with Gasteiger partial charge < -0.3 is 4.74 Å². The van der Waals surface area contributed by atoms with Crippen molar-refractivity contribution in [3.8, 4) is 5.75 Å². The molecule has 7 nitrogen and oxygen atoms in total. The van der Waals surface area contributed by atoms with Gasteiger partial charge in [0.05, 0.1) is 17.7 Å². The number of nitrogens with one attached hydrogen (secondary N) is 1. The maximum atomic E-state index is 12.2. The average Bonchev–Trinajstić information content (AvgIpc) is 2.69. The van der Waals surface area contributed by atoms with E-state index in [-0.39, 0.29) is 11.3 Å². The minimum absolute atomic E-state index is 0.153. The number of nitrogens with zero attached hydrogens (tertiary/aromatic N) is 2. The van der Waals surface area contributed by atoms with Crippen LogP contribution >= 0.6 is 0 Å². The number of hydrogen-bond donors (Lipinski definition) is 1. The molecule has 0 spiro atoms. The highest BCUT2D eigenvalue weighted by atomic mass is 16.6. The topological polar surface area (TPSA) is 93.8 Å². The second-order valence-corrected chi connectivity index (χ2v) is 5.64. The molecule has 7 heteroatoms. The van der Waals surface area contributed by atoms with Crippen molar-refractivity contribution in [1.82, 2.24) is 5.43 Å². The Labute approximate surface area is 155 Å². The van der Waals surface area contributed by atoms with Gasteiger partial charge in [0.25, 0.3) is 11.6 Å². The summed E-state index contributed by atoms with van der Waals surface area (Å²) in [5.41, 5.74) is 3.15. The van der Waals surface area contributed by atoms with Crippen LogP contribution < -0.4 is 10.2 Å². The summed E-state index contributed by atoms with van der Waals surface area (Å²) >= 11 is 0. The van der Waals surface area contributed by atoms with E-state index in [2.05, 4.69) is 10.5 Å². The Morgan fingerprint density at radius 2 is 2.00 bits per heavy atom. The summed E-state index contributed by atoms with van der Waals surface area (Å²) < 4.78 is 5.65. The standard InChI is InChI=1S/C20H17N3O4/c1-2-27-19-11-10-14-6-3-4-9-17(14)18(19)13-21-22-20(24)15-7-5-8-16(12-15)23(25)26/h3-13H,2H2,1H3,(H,22,24)/b21-13-. The fraction of sp³-hybridized carbons (Fsp3) is 0.100. The second kappa shape index (κ2) is 8.09. The zero-order valence-electron chi connectivity index (χ0n) is 14.6. The SMILES string of the molecule is CCOc1ccc2ccccc2c1/C=N\NC(=O)c1cccc([N+](=O)[O-])c1. The number of carbonyl (C=O) groups is 1. The first-order valence-electron chi connectivity index (χ1n) is 8.32. The number of nitro groups is 1. The molecule has 0 saturated heterocycles. The van der Waals surface area contributed by atoms with Crippen LogP contribution in [0, 0.1) is 10.1 Å². The lowest BCUT2D eigenvalue weighted by atomic mass is 10.0. The third-order valence-electron chi connectivity index (χ3n) is 3.91. The summed E-state index contributed by atoms with van der Waals surface area (Å²) in [5, 5.41) is 16.8. The molecule has 0 bridgehead atoms. The zero-order valence-corrected chi connectivity index (χ0v) is 14.6. The van der Waals surface area contributed by atoms with E-state index < -0.39 is 10.8 Å². The Bertz CT molecular complexity index is 1030. The van der Waals surface area contributed by atoms with E-state index in [1.807, 2.05) is 43.3 Å². The van der Waals surface area contributed by atoms with Gasteiger partial charge in [-0.15, -0.1) is 0 Å². The lowest BCUT2D eigenvalue weighted by Gasteiger charge is -2.10. The number of hydrogen-bond acceptors (Lipinski definition) is 5. The molecule has 0 aromatic heterocycles. The van der Waals surface area contributed by atoms with Gasteiger partial charge in [0.1, 0.15) is 5.75 Å². The highest BCUT2D eigenvalue weighted by molar-refractivity contribution is 6.03. The molecule has 0 aliphatic rings. The number of amides is 1. The highest BCUT2D eigenvalue weighted by Gasteiger charge is 2.11. The molecule has 0 aliphatic heterocycles. The molecule has 3 aromatic carbocycles. The molecule has 0 aliphatic carbocycles. The van der Waals surface area contributed by atoms with Crippen LogP contribution in [-0.4, -0.2) is 23.7 Å². The van der Waals surface area contributed by atoms with E-state index in [0.29, 0.717) is 12.4 Å². The van der Waals surface area contributed by atoms with Crippen LogP contribution in [0.4, 0.5) is 5.69 Å². The Hall–Kier alpha value is -3.74. The number of ether oxygens (including phenoxy) is 1. The molecular weight excluding hydrogens is 346 g/mol. The first kappa shape index (κ1) is 18.1. The number of nitro benzene ring substituents is 1. The second-order valence-electron chi connectivity index (χ2n) is 5.64. The van der Waals surface area contributed by atoms with Gasteiger partial charge in [0.15, 0.2) is 0 Å². The molecule has 0 heterocycles. The summed E-state index contributed by atoms with van der Waals surface area (Å²) in [7, 11) is 0. The van der Waals surface area contributed by atoms with Gasteiger partial charge in [-0.1, -0.05) is 36.4 Å². The van der Waals surface area contributed by atoms with Gasteiger partial charge in [-0.25, -0.2) is 5.43 Å². The molecule has 0 fully saturated rings. The van der Waals surface area contributed by atoms with Crippen LogP contribution in [0.25, 0.3) is 10.8 Å². The van der Waals surface area contributed by atoms with E-state index >= 15 is 0 Å². The van der Waals surface area contributed by atoms with Crippen molar-refractivity contribution >= 4 is 28.6 Å². The number of carbonyl (C=O) groups excluding carboxylic acids is 1. The van der Waals surface area contributed by atoms with Crippen molar-refractivity contribution in [2.75, 3.05) is 6.61 Å². The molecule has 0 radical (unpaired) electrons. The van der Waals surface area contributed by atoms with Gasteiger partial charge in [0, 0.05) is 23.3 Å². The largest absolute Gasteiger partial charge is 0.493 e. The van der Waals surface area contributed by atoms with Gasteiger partial charge in [-0.3, -0.25) is 14.9 Å². The third-order valence-corrected chi connectivity index (χ3v) is 3.91. The monoisotopic (exact) mass is 363 g/mol. The van der Waals surface area contributed by atoms with Crippen LogP contribution in [0.15, 0.2) is 65.8 Å². The van der Waals surface area contributed by atoms with Crippen molar-refractivity contribution < 1.29 is 14.5 Å². The van der Waals surface area contributed by atoms with Gasteiger partial charge in [0.2, 0.25) is 0 Å². The predicted molar refractivity (Wildman–Crippen MR) is 103 cm³/mol. The zero-order chi connectivity index (χ0) is 19.2. The Morgan fingerprint density at radius 1 is 1.19 bits per heavy atom. The lowest BCUT2D eigenvalue weighted by Crippen LogP contribution is -2.17. The first-order valence-corrected chi connectivity index (χ1v) is 8.32. The highest BCUT2D eigenvalue weighted by Crippen LogP contribution is 2.26. The number of non-ortho nitro benzene ring substituents is 1. The molecule has 3 aromatic rings. The number of hydrazone groups is 1. The Morgan fingerprint density at radius 3 is 2.78 bits per heavy atom. The van der Waals surface area contributed by atoms with Crippen LogP contribution in [0.5, 0.6) is 5.75 Å². The van der Waals surface area contributed by atoms with Crippen LogP contribution in [0.2, 0.25) is 0 Å². The summed E-state index contributed by atoms with van der Waals surface area (Å²) in [6, 6.07) is 17.1. The summed E-state index contributed by atoms with van der Waals surface area (Å²) in [4.78, 5) is 22.5. The molecule has 1 N–H and O–H groups in total. The number of benzene rings is 3. The molecule has 0 saturated carbocycles. The molecule has 27 heavy (non-hydrogen) atoms. The van der Waals surface area contributed by atoms with Crippen molar-refractivity contribution in [3.05, 3.63) is 81.9 Å². The maximum absolute atomic E-state index is 12.2. The quantitative estimate of drug-likeness (QED) is 0.408. The predicted octanol–water partition coefficient (Wildman–Crippen LogP) is 3.91. The van der Waals surface area contributed by atoms with Crippen molar-refractivity contribution in [3.63, 3.8) is 0 Å². The van der Waals surface area contributed by atoms with Gasteiger partial charge >= 0.3 is 0 Å². The van der Waals surface area contributed by atoms with E-state index in [9.17, 15) is 14.9 Å². The number of rotatable bonds is 6. The molecular formula is C20H17N3O4. The molecule has 136 valence electrons. The Kier molecular flexibility index (Phi) is 5.41. The fourth-order valence-corrected chi connectivity index (χ4v) is 2.67. The van der Waals surface area contributed by atoms with Crippen LogP contribution in [0.3, 0.4) is 0 Å². The maximum Gasteiger partial charge on any atom is 0.271 e. The summed E-state index contributed by atoms with van der Waals surface area (Å²) in [6.45, 7) is 2.39. The van der Waals surface area contributed by atoms with E-state index in [4.69, 9.17) is 4.74 Å². The summed E-state index contributed by atoms with van der Waals surface area (Å²) in [5.74, 6) is 0.123. The molecule has 1 amide bonds. The third kappa shape index (κ3) is 4.09. The van der Waals surface area contributed by atoms with E-state index in [0.717, 1.165) is 16.3 Å².